The lowest BCUT2D eigenvalue weighted by atomic mass is 10.2. The highest BCUT2D eigenvalue weighted by molar-refractivity contribution is 5.92. The molecule has 0 spiro atoms. The maximum atomic E-state index is 12.5. The minimum absolute atomic E-state index is 0.0555. The number of carbonyl (C=O) groups excluding carboxylic acids is 2. The molecule has 14 nitrogen and oxygen atoms in total. The van der Waals surface area contributed by atoms with Crippen LogP contribution in [0, 0.1) is 0 Å². The Morgan fingerprint density at radius 2 is 1.65 bits per heavy atom. The Hall–Kier alpha value is -5.01. The number of guanidine groups is 1. The van der Waals surface area contributed by atoms with E-state index in [0.29, 0.717) is 10.6 Å². The molecule has 14 heteroatoms. The van der Waals surface area contributed by atoms with E-state index in [4.69, 9.17) is 26.4 Å². The number of aromatic nitrogens is 3. The molecule has 2 aromatic heterocycles. The summed E-state index contributed by atoms with van der Waals surface area (Å²) in [5.41, 5.74) is 11.7. The van der Waals surface area contributed by atoms with Crippen molar-refractivity contribution in [2.24, 2.45) is 16.5 Å². The van der Waals surface area contributed by atoms with Crippen LogP contribution in [0.15, 0.2) is 47.7 Å². The summed E-state index contributed by atoms with van der Waals surface area (Å²) in [7, 11) is 0. The minimum Gasteiger partial charge on any atom is -0.480 e. The highest BCUT2D eigenvalue weighted by Crippen LogP contribution is 2.22. The lowest BCUT2D eigenvalue weighted by Crippen LogP contribution is -2.40. The summed E-state index contributed by atoms with van der Waals surface area (Å²) in [5, 5.41) is 21.9. The second-order valence-corrected chi connectivity index (χ2v) is 6.87. The van der Waals surface area contributed by atoms with Crippen molar-refractivity contribution in [1.29, 1.82) is 0 Å². The first-order valence-corrected chi connectivity index (χ1v) is 9.59. The van der Waals surface area contributed by atoms with Crippen LogP contribution in [-0.4, -0.2) is 72.6 Å². The SMILES string of the molecule is NC(N)=Nc1ccc(C(=O)Oc2ccc(CC(=O)N(CC(=O)O)CC(=O)O)n3ncnc23)cc1. The number of pyridine rings is 1. The quantitative estimate of drug-likeness (QED) is 0.176. The van der Waals surface area contributed by atoms with Crippen molar-refractivity contribution in [1.82, 2.24) is 19.5 Å². The van der Waals surface area contributed by atoms with Gasteiger partial charge in [-0.05, 0) is 36.4 Å². The molecule has 0 radical (unpaired) electrons. The van der Waals surface area contributed by atoms with E-state index in [1.807, 2.05) is 0 Å². The average molecular weight is 469 g/mol. The first kappa shape index (κ1) is 23.6. The van der Waals surface area contributed by atoms with Gasteiger partial charge in [0.25, 0.3) is 0 Å². The Labute approximate surface area is 191 Å². The third-order valence-electron chi connectivity index (χ3n) is 4.37. The predicted molar refractivity (Wildman–Crippen MR) is 115 cm³/mol. The van der Waals surface area contributed by atoms with Crippen molar-refractivity contribution >= 4 is 41.1 Å². The zero-order valence-electron chi connectivity index (χ0n) is 17.5. The molecule has 0 saturated carbocycles. The molecular weight excluding hydrogens is 450 g/mol. The Morgan fingerprint density at radius 1 is 1.00 bits per heavy atom. The van der Waals surface area contributed by atoms with E-state index in [2.05, 4.69) is 15.1 Å². The Kier molecular flexibility index (Phi) is 7.01. The van der Waals surface area contributed by atoms with Crippen LogP contribution in [0.4, 0.5) is 5.69 Å². The van der Waals surface area contributed by atoms with Gasteiger partial charge in [-0.1, -0.05) is 0 Å². The van der Waals surface area contributed by atoms with Crippen LogP contribution in [0.2, 0.25) is 0 Å². The summed E-state index contributed by atoms with van der Waals surface area (Å²) < 4.78 is 6.65. The number of benzene rings is 1. The third kappa shape index (κ3) is 5.82. The summed E-state index contributed by atoms with van der Waals surface area (Å²) >= 11 is 0. The third-order valence-corrected chi connectivity index (χ3v) is 4.37. The second-order valence-electron chi connectivity index (χ2n) is 6.87. The number of carboxylic acids is 2. The number of esters is 1. The Bertz CT molecular complexity index is 1260. The molecule has 176 valence electrons. The standard InChI is InChI=1S/C20H19N7O7/c21-20(22)25-12-3-1-11(2-4-12)19(33)34-14-6-5-13(27-18(14)23-10-24-27)7-15(28)26(8-16(29)30)9-17(31)32/h1-6,10H,7-9H2,(H,29,30)(H,31,32)(H4,21,22,25). The Morgan fingerprint density at radius 3 is 2.24 bits per heavy atom. The molecule has 0 atom stereocenters. The fourth-order valence-corrected chi connectivity index (χ4v) is 2.96. The zero-order valence-corrected chi connectivity index (χ0v) is 17.5. The molecule has 6 N–H and O–H groups in total. The van der Waals surface area contributed by atoms with Gasteiger partial charge >= 0.3 is 17.9 Å². The van der Waals surface area contributed by atoms with E-state index in [9.17, 15) is 19.2 Å². The van der Waals surface area contributed by atoms with Crippen molar-refractivity contribution in [3.8, 4) is 5.75 Å². The lowest BCUT2D eigenvalue weighted by Gasteiger charge is -2.18. The lowest BCUT2D eigenvalue weighted by molar-refractivity contribution is -0.149. The van der Waals surface area contributed by atoms with Gasteiger partial charge in [0.15, 0.2) is 17.4 Å². The summed E-state index contributed by atoms with van der Waals surface area (Å²) in [6, 6.07) is 8.82. The van der Waals surface area contributed by atoms with Crippen LogP contribution in [0.1, 0.15) is 16.1 Å². The summed E-state index contributed by atoms with van der Waals surface area (Å²) in [6.45, 7) is -1.55. The molecule has 3 aromatic rings. The van der Waals surface area contributed by atoms with Gasteiger partial charge < -0.3 is 31.3 Å². The van der Waals surface area contributed by atoms with E-state index in [1.165, 1.54) is 47.2 Å². The van der Waals surface area contributed by atoms with Crippen LogP contribution in [0.5, 0.6) is 5.75 Å². The monoisotopic (exact) mass is 469 g/mol. The van der Waals surface area contributed by atoms with Gasteiger partial charge in [-0.15, -0.1) is 0 Å². The highest BCUT2D eigenvalue weighted by atomic mass is 16.5. The number of ether oxygens (including phenoxy) is 1. The fourth-order valence-electron chi connectivity index (χ4n) is 2.96. The summed E-state index contributed by atoms with van der Waals surface area (Å²) in [4.78, 5) is 55.6. The van der Waals surface area contributed by atoms with Crippen LogP contribution < -0.4 is 16.2 Å². The summed E-state index contributed by atoms with van der Waals surface area (Å²) in [5.74, 6) is -4.22. The number of nitrogens with zero attached hydrogens (tertiary/aromatic N) is 5. The number of carbonyl (C=O) groups is 4. The summed E-state index contributed by atoms with van der Waals surface area (Å²) in [6.07, 6.45) is 0.817. The van der Waals surface area contributed by atoms with Crippen molar-refractivity contribution in [2.75, 3.05) is 13.1 Å². The van der Waals surface area contributed by atoms with E-state index < -0.39 is 36.9 Å². The Balaban J connectivity index is 1.80. The largest absolute Gasteiger partial charge is 0.480 e. The van der Waals surface area contributed by atoms with E-state index in [-0.39, 0.29) is 35.0 Å². The number of nitrogens with two attached hydrogens (primary N) is 2. The molecule has 1 aromatic carbocycles. The molecule has 0 aliphatic rings. The number of hydrogen-bond donors (Lipinski definition) is 4. The number of hydrogen-bond acceptors (Lipinski definition) is 8. The molecule has 0 fully saturated rings. The van der Waals surface area contributed by atoms with Gasteiger partial charge in [0.05, 0.1) is 23.4 Å². The molecule has 0 unspecified atom stereocenters. The van der Waals surface area contributed by atoms with Crippen molar-refractivity contribution in [3.63, 3.8) is 0 Å². The molecule has 3 rings (SSSR count). The number of aliphatic carboxylic acids is 2. The number of aliphatic imine (C=N–C) groups is 1. The van der Waals surface area contributed by atoms with Gasteiger partial charge in [0.1, 0.15) is 19.4 Å². The predicted octanol–water partition coefficient (Wildman–Crippen LogP) is -0.606. The zero-order chi connectivity index (χ0) is 24.8. The maximum Gasteiger partial charge on any atom is 0.343 e. The number of carboxylic acid groups (broad SMARTS) is 2. The smallest absolute Gasteiger partial charge is 0.343 e. The molecule has 0 aliphatic carbocycles. The van der Waals surface area contributed by atoms with Crippen LogP contribution in [0.3, 0.4) is 0 Å². The molecule has 34 heavy (non-hydrogen) atoms. The molecular formula is C20H19N7O7. The van der Waals surface area contributed by atoms with Crippen molar-refractivity contribution < 1.29 is 34.1 Å². The molecule has 0 saturated heterocycles. The van der Waals surface area contributed by atoms with Gasteiger partial charge in [-0.3, -0.25) is 14.4 Å². The number of fused-ring (bicyclic) bond motifs is 1. The van der Waals surface area contributed by atoms with Crippen LogP contribution in [-0.2, 0) is 20.8 Å². The van der Waals surface area contributed by atoms with Gasteiger partial charge in [-0.2, -0.15) is 5.10 Å². The average Bonchev–Trinajstić information content (AvgIpc) is 3.25. The topological polar surface area (TPSA) is 216 Å². The first-order chi connectivity index (χ1) is 16.1. The first-order valence-electron chi connectivity index (χ1n) is 9.59. The molecule has 0 aliphatic heterocycles. The van der Waals surface area contributed by atoms with E-state index >= 15 is 0 Å². The van der Waals surface area contributed by atoms with Crippen molar-refractivity contribution in [3.05, 3.63) is 54.0 Å². The number of rotatable bonds is 9. The maximum absolute atomic E-state index is 12.5. The highest BCUT2D eigenvalue weighted by Gasteiger charge is 2.22. The van der Waals surface area contributed by atoms with E-state index in [0.717, 1.165) is 0 Å². The molecule has 2 heterocycles. The minimum atomic E-state index is -1.35. The van der Waals surface area contributed by atoms with Crippen molar-refractivity contribution in [2.45, 2.75) is 6.42 Å². The van der Waals surface area contributed by atoms with Gasteiger partial charge in [0.2, 0.25) is 5.91 Å². The van der Waals surface area contributed by atoms with Gasteiger partial charge in [0, 0.05) is 0 Å². The molecule has 1 amide bonds. The van der Waals surface area contributed by atoms with Gasteiger partial charge in [-0.25, -0.2) is 19.3 Å². The molecule has 0 bridgehead atoms. The van der Waals surface area contributed by atoms with Crippen LogP contribution >= 0.6 is 0 Å². The second kappa shape index (κ2) is 10.1. The fraction of sp³-hybridized carbons (Fsp3) is 0.150. The van der Waals surface area contributed by atoms with E-state index in [1.54, 1.807) is 0 Å². The van der Waals surface area contributed by atoms with Crippen LogP contribution in [0.25, 0.3) is 5.65 Å². The normalized spacial score (nSPS) is 10.5. The number of amides is 1.